The van der Waals surface area contributed by atoms with Crippen molar-refractivity contribution in [2.24, 2.45) is 0 Å². The van der Waals surface area contributed by atoms with E-state index >= 15 is 0 Å². The Balaban J connectivity index is 0.000000704. The first kappa shape index (κ1) is 36.7. The summed E-state index contributed by atoms with van der Waals surface area (Å²) in [5, 5.41) is 6.86. The number of nitrogens with one attached hydrogen (secondary N) is 1. The first-order valence-corrected chi connectivity index (χ1v) is 15.3. The third kappa shape index (κ3) is 19.4. The van der Waals surface area contributed by atoms with Gasteiger partial charge in [0, 0.05) is 27.8 Å². The minimum atomic E-state index is -0.586. The summed E-state index contributed by atoms with van der Waals surface area (Å²) in [6, 6.07) is 9.67. The van der Waals surface area contributed by atoms with Crippen LogP contribution >= 0.6 is 23.1 Å². The van der Waals surface area contributed by atoms with E-state index < -0.39 is 12.1 Å². The lowest BCUT2D eigenvalue weighted by Gasteiger charge is -2.21. The molecule has 1 aromatic heterocycles. The van der Waals surface area contributed by atoms with E-state index in [1.54, 1.807) is 11.3 Å². The molecule has 0 aliphatic carbocycles. The summed E-state index contributed by atoms with van der Waals surface area (Å²) in [5.74, 6) is 0.843. The van der Waals surface area contributed by atoms with Gasteiger partial charge in [-0.25, -0.2) is 9.59 Å². The van der Waals surface area contributed by atoms with Crippen molar-refractivity contribution >= 4 is 40.8 Å². The van der Waals surface area contributed by atoms with Gasteiger partial charge in [-0.15, -0.1) is 11.8 Å². The number of carbonyl (C=O) groups excluding carboxylic acids is 2. The minimum Gasteiger partial charge on any atom is -0.459 e. The van der Waals surface area contributed by atoms with E-state index in [-0.39, 0.29) is 31.5 Å². The number of anilines is 1. The number of rotatable bonds is 14. The average Bonchev–Trinajstić information content (AvgIpc) is 3.43. The van der Waals surface area contributed by atoms with Crippen molar-refractivity contribution in [2.45, 2.75) is 84.5 Å². The topological polar surface area (TPSA) is 83.1 Å². The van der Waals surface area contributed by atoms with Gasteiger partial charge in [0.1, 0.15) is 13.2 Å². The predicted molar refractivity (Wildman–Crippen MR) is 164 cm³/mol. The number of thiophene rings is 1. The van der Waals surface area contributed by atoms with Crippen LogP contribution in [0.4, 0.5) is 10.5 Å². The maximum atomic E-state index is 11.5. The molecule has 0 spiro atoms. The van der Waals surface area contributed by atoms with Crippen molar-refractivity contribution in [2.75, 3.05) is 30.9 Å². The summed E-state index contributed by atoms with van der Waals surface area (Å²) in [6.07, 6.45) is 1.15. The highest BCUT2D eigenvalue weighted by atomic mass is 32.2. The zero-order chi connectivity index (χ0) is 29.6. The van der Waals surface area contributed by atoms with Gasteiger partial charge in [0.25, 0.3) is 0 Å². The Morgan fingerprint density at radius 2 is 1.62 bits per heavy atom. The lowest BCUT2D eigenvalue weighted by molar-refractivity contribution is -0.138. The number of hydrogen-bond donors (Lipinski definition) is 1. The lowest BCUT2D eigenvalue weighted by atomic mass is 10.0. The summed E-state index contributed by atoms with van der Waals surface area (Å²) >= 11 is 3.56. The molecule has 1 atom stereocenters. The van der Waals surface area contributed by atoms with Crippen molar-refractivity contribution in [3.8, 4) is 0 Å². The van der Waals surface area contributed by atoms with Crippen molar-refractivity contribution in [3.05, 3.63) is 59.3 Å². The zero-order valence-electron chi connectivity index (χ0n) is 24.7. The van der Waals surface area contributed by atoms with Crippen LogP contribution < -0.4 is 5.32 Å². The van der Waals surface area contributed by atoms with Gasteiger partial charge in [0.2, 0.25) is 0 Å². The Kier molecular flexibility index (Phi) is 21.1. The Bertz CT molecular complexity index is 899. The fourth-order valence-corrected chi connectivity index (χ4v) is 4.53. The quantitative estimate of drug-likeness (QED) is 0.104. The second kappa shape index (κ2) is 22.5. The maximum absolute atomic E-state index is 11.5. The first-order chi connectivity index (χ1) is 18.6. The first-order valence-electron chi connectivity index (χ1n) is 13.4. The zero-order valence-corrected chi connectivity index (χ0v) is 26.4. The SMILES string of the molecule is C=CC(=O)OCCOC(=O)Nc1ccc(C(C)C)cc1.CC.CC(C)OCC(CSc1ccsc1)OC(C)C. The molecule has 0 aliphatic rings. The monoisotopic (exact) mass is 581 g/mol. The van der Waals surface area contributed by atoms with Gasteiger partial charge in [0.05, 0.1) is 24.9 Å². The Hall–Kier alpha value is -2.33. The largest absolute Gasteiger partial charge is 0.459 e. The van der Waals surface area contributed by atoms with E-state index in [0.29, 0.717) is 18.2 Å². The van der Waals surface area contributed by atoms with Crippen LogP contribution in [0.15, 0.2) is 58.6 Å². The molecule has 9 heteroatoms. The fourth-order valence-electron chi connectivity index (χ4n) is 2.78. The molecule has 7 nitrogen and oxygen atoms in total. The summed E-state index contributed by atoms with van der Waals surface area (Å²) in [5.41, 5.74) is 1.85. The van der Waals surface area contributed by atoms with Crippen LogP contribution in [0, 0.1) is 0 Å². The molecule has 0 bridgehead atoms. The van der Waals surface area contributed by atoms with Gasteiger partial charge in [0.15, 0.2) is 0 Å². The molecular formula is C30H47NO6S2. The van der Waals surface area contributed by atoms with Gasteiger partial charge < -0.3 is 18.9 Å². The number of benzene rings is 1. The second-order valence-electron chi connectivity index (χ2n) is 8.87. The molecule has 1 N–H and O–H groups in total. The molecule has 0 fully saturated rings. The van der Waals surface area contributed by atoms with Gasteiger partial charge in [-0.2, -0.15) is 11.3 Å². The highest BCUT2D eigenvalue weighted by Crippen LogP contribution is 2.23. The van der Waals surface area contributed by atoms with Crippen molar-refractivity contribution in [3.63, 3.8) is 0 Å². The minimum absolute atomic E-state index is 0.00447. The number of hydrogen-bond acceptors (Lipinski definition) is 8. The highest BCUT2D eigenvalue weighted by Gasteiger charge is 2.13. The van der Waals surface area contributed by atoms with Crippen molar-refractivity contribution in [1.82, 2.24) is 0 Å². The number of carbonyl (C=O) groups is 2. The van der Waals surface area contributed by atoms with Crippen LogP contribution in [0.2, 0.25) is 0 Å². The molecule has 2 rings (SSSR count). The van der Waals surface area contributed by atoms with Crippen LogP contribution in [0.1, 0.15) is 66.9 Å². The normalized spacial score (nSPS) is 11.2. The van der Waals surface area contributed by atoms with Crippen molar-refractivity contribution < 1.29 is 28.5 Å². The third-order valence-corrected chi connectivity index (χ3v) is 6.52. The van der Waals surface area contributed by atoms with Crippen LogP contribution in [-0.4, -0.2) is 55.9 Å². The number of thioether (sulfide) groups is 1. The third-order valence-electron chi connectivity index (χ3n) is 4.56. The molecule has 1 amide bonds. The van der Waals surface area contributed by atoms with Gasteiger partial charge >= 0.3 is 12.1 Å². The summed E-state index contributed by atoms with van der Waals surface area (Å²) in [4.78, 5) is 23.5. The van der Waals surface area contributed by atoms with Crippen LogP contribution in [0.3, 0.4) is 0 Å². The van der Waals surface area contributed by atoms with E-state index in [1.807, 2.05) is 49.9 Å². The maximum Gasteiger partial charge on any atom is 0.411 e. The van der Waals surface area contributed by atoms with Gasteiger partial charge in [-0.3, -0.25) is 5.32 Å². The van der Waals surface area contributed by atoms with Gasteiger partial charge in [-0.05, 0) is 62.8 Å². The highest BCUT2D eigenvalue weighted by molar-refractivity contribution is 7.99. The Morgan fingerprint density at radius 3 is 2.13 bits per heavy atom. The summed E-state index contributed by atoms with van der Waals surface area (Å²) in [6.45, 7) is 20.4. The van der Waals surface area contributed by atoms with E-state index in [4.69, 9.17) is 14.2 Å². The van der Waals surface area contributed by atoms with E-state index in [1.165, 1.54) is 10.5 Å². The molecule has 1 aromatic carbocycles. The Labute approximate surface area is 243 Å². The molecule has 0 aliphatic heterocycles. The molecular weight excluding hydrogens is 534 g/mol. The van der Waals surface area contributed by atoms with Crippen LogP contribution in [0.25, 0.3) is 0 Å². The number of esters is 1. The molecule has 1 heterocycles. The molecule has 220 valence electrons. The standard InChI is InChI=1S/C15H19NO4.C13H22O2S2.C2H6/c1-4-14(17)19-9-10-20-15(18)16-13-7-5-12(6-8-13)11(2)3;1-10(2)14-7-12(15-11(3)4)8-17-13-5-6-16-9-13;1-2/h4-8,11H,1,9-10H2,2-3H3,(H,16,18);5-6,9-12H,7-8H2,1-4H3;1-2H3. The summed E-state index contributed by atoms with van der Waals surface area (Å²) in [7, 11) is 0. The smallest absolute Gasteiger partial charge is 0.411 e. The summed E-state index contributed by atoms with van der Waals surface area (Å²) < 4.78 is 21.0. The predicted octanol–water partition coefficient (Wildman–Crippen LogP) is 8.17. The number of ether oxygens (including phenoxy) is 4. The van der Waals surface area contributed by atoms with Crippen LogP contribution in [-0.2, 0) is 23.7 Å². The molecule has 0 saturated heterocycles. The molecule has 0 radical (unpaired) electrons. The molecule has 2 aromatic rings. The number of amides is 1. The van der Waals surface area contributed by atoms with Gasteiger partial charge in [-0.1, -0.05) is 46.4 Å². The average molecular weight is 582 g/mol. The fraction of sp³-hybridized carbons (Fsp3) is 0.533. The molecule has 39 heavy (non-hydrogen) atoms. The van der Waals surface area contributed by atoms with Crippen LogP contribution in [0.5, 0.6) is 0 Å². The Morgan fingerprint density at radius 1 is 0.974 bits per heavy atom. The van der Waals surface area contributed by atoms with E-state index in [0.717, 1.165) is 11.8 Å². The molecule has 0 saturated carbocycles. The van der Waals surface area contributed by atoms with E-state index in [2.05, 4.69) is 75.0 Å². The van der Waals surface area contributed by atoms with E-state index in [9.17, 15) is 9.59 Å². The van der Waals surface area contributed by atoms with Crippen molar-refractivity contribution in [1.29, 1.82) is 0 Å². The lowest BCUT2D eigenvalue weighted by Crippen LogP contribution is -2.27. The molecule has 1 unspecified atom stereocenters. The second-order valence-corrected chi connectivity index (χ2v) is 10.7.